The average molecular weight is 411 g/mol. The molecule has 0 bridgehead atoms. The monoisotopic (exact) mass is 410 g/mol. The van der Waals surface area contributed by atoms with Gasteiger partial charge in [0, 0.05) is 12.3 Å². The molecule has 2 rings (SSSR count). The van der Waals surface area contributed by atoms with Crippen LogP contribution < -0.4 is 10.1 Å². The van der Waals surface area contributed by atoms with Crippen LogP contribution in [0.5, 0.6) is 11.5 Å². The smallest absolute Gasteiger partial charge is 0.331 e. The van der Waals surface area contributed by atoms with Gasteiger partial charge in [-0.05, 0) is 36.8 Å². The molecule has 7 nitrogen and oxygen atoms in total. The predicted octanol–water partition coefficient (Wildman–Crippen LogP) is 3.69. The number of halogens is 2. The molecule has 0 fully saturated rings. The maximum Gasteiger partial charge on any atom is 0.331 e. The number of esters is 1. The van der Waals surface area contributed by atoms with Gasteiger partial charge in [0.1, 0.15) is 0 Å². The maximum atomic E-state index is 12.1. The Balaban J connectivity index is 1.95. The highest BCUT2D eigenvalue weighted by atomic mass is 35.5. The summed E-state index contributed by atoms with van der Waals surface area (Å²) in [6.45, 7) is 1.41. The number of benzene rings is 1. The first kappa shape index (κ1) is 20.5. The molecule has 1 aromatic carbocycles. The molecule has 0 aliphatic carbocycles. The molecule has 1 atom stereocenters. The molecule has 0 spiro atoms. The van der Waals surface area contributed by atoms with E-state index in [1.807, 2.05) is 0 Å². The van der Waals surface area contributed by atoms with Crippen LogP contribution in [0, 0.1) is 0 Å². The zero-order valence-corrected chi connectivity index (χ0v) is 15.9. The van der Waals surface area contributed by atoms with E-state index in [4.69, 9.17) is 32.7 Å². The van der Waals surface area contributed by atoms with Crippen LogP contribution in [0.2, 0.25) is 10.0 Å². The highest BCUT2D eigenvalue weighted by Crippen LogP contribution is 2.26. The van der Waals surface area contributed by atoms with Crippen molar-refractivity contribution in [3.05, 3.63) is 52.1 Å². The van der Waals surface area contributed by atoms with Crippen LogP contribution in [0.25, 0.3) is 6.08 Å². The average Bonchev–Trinajstić information content (AvgIpc) is 2.63. The molecular weight excluding hydrogens is 395 g/mol. The number of aromatic hydroxyl groups is 1. The summed E-state index contributed by atoms with van der Waals surface area (Å²) < 4.78 is 10.0. The second-order valence-electron chi connectivity index (χ2n) is 5.32. The van der Waals surface area contributed by atoms with Crippen molar-refractivity contribution in [2.45, 2.75) is 13.0 Å². The standard InChI is InChI=1S/C18H16Cl2N2O5/c1-10(18(25)22-17-13(20)8-12(19)9-21-17)27-16(24)6-4-11-3-5-14(23)15(7-11)26-2/h3-10,23H,1-2H3,(H,21,22,25). The number of methoxy groups -OCH3 is 1. The van der Waals surface area contributed by atoms with Crippen LogP contribution >= 0.6 is 23.2 Å². The van der Waals surface area contributed by atoms with Crippen molar-refractivity contribution < 1.29 is 24.2 Å². The number of phenolic OH excluding ortho intramolecular Hbond substituents is 1. The van der Waals surface area contributed by atoms with Crippen molar-refractivity contribution in [3.8, 4) is 11.5 Å². The third-order valence-electron chi connectivity index (χ3n) is 3.33. The normalized spacial score (nSPS) is 11.9. The highest BCUT2D eigenvalue weighted by molar-refractivity contribution is 6.36. The Morgan fingerprint density at radius 2 is 2.04 bits per heavy atom. The summed E-state index contributed by atoms with van der Waals surface area (Å²) in [7, 11) is 1.42. The summed E-state index contributed by atoms with van der Waals surface area (Å²) in [5, 5.41) is 12.5. The summed E-state index contributed by atoms with van der Waals surface area (Å²) in [6.07, 6.45) is 2.87. The van der Waals surface area contributed by atoms with E-state index in [1.54, 1.807) is 12.1 Å². The third kappa shape index (κ3) is 5.87. The van der Waals surface area contributed by atoms with Crippen LogP contribution in [-0.2, 0) is 14.3 Å². The molecular formula is C18H16Cl2N2O5. The van der Waals surface area contributed by atoms with Crippen LogP contribution in [0.15, 0.2) is 36.5 Å². The van der Waals surface area contributed by atoms with Gasteiger partial charge in [0.15, 0.2) is 23.4 Å². The van der Waals surface area contributed by atoms with Gasteiger partial charge >= 0.3 is 5.97 Å². The molecule has 0 saturated heterocycles. The quantitative estimate of drug-likeness (QED) is 0.556. The SMILES string of the molecule is COc1cc(C=CC(=O)OC(C)C(=O)Nc2ncc(Cl)cc2Cl)ccc1O. The lowest BCUT2D eigenvalue weighted by molar-refractivity contribution is -0.148. The zero-order chi connectivity index (χ0) is 20.0. The van der Waals surface area contributed by atoms with E-state index in [9.17, 15) is 14.7 Å². The number of aromatic nitrogens is 1. The Kier molecular flexibility index (Phi) is 7.04. The number of hydrogen-bond donors (Lipinski definition) is 2. The van der Waals surface area contributed by atoms with Gasteiger partial charge in [-0.15, -0.1) is 0 Å². The fraction of sp³-hybridized carbons (Fsp3) is 0.167. The lowest BCUT2D eigenvalue weighted by Gasteiger charge is -2.12. The van der Waals surface area contributed by atoms with Crippen LogP contribution in [0.1, 0.15) is 12.5 Å². The summed E-state index contributed by atoms with van der Waals surface area (Å²) in [5.74, 6) is -0.956. The number of nitrogens with one attached hydrogen (secondary N) is 1. The number of amides is 1. The first-order valence-electron chi connectivity index (χ1n) is 7.67. The molecule has 27 heavy (non-hydrogen) atoms. The summed E-state index contributed by atoms with van der Waals surface area (Å²) in [6, 6.07) is 6.00. The number of ether oxygens (including phenoxy) is 2. The van der Waals surface area contributed by atoms with Crippen molar-refractivity contribution in [1.29, 1.82) is 0 Å². The number of carbonyl (C=O) groups is 2. The third-order valence-corrected chi connectivity index (χ3v) is 3.82. The maximum absolute atomic E-state index is 12.1. The van der Waals surface area contributed by atoms with E-state index < -0.39 is 18.0 Å². The zero-order valence-electron chi connectivity index (χ0n) is 14.4. The molecule has 1 heterocycles. The van der Waals surface area contributed by atoms with Gasteiger partial charge in [0.2, 0.25) is 0 Å². The topological polar surface area (TPSA) is 97.8 Å². The van der Waals surface area contributed by atoms with Gasteiger partial charge in [0.25, 0.3) is 5.91 Å². The summed E-state index contributed by atoms with van der Waals surface area (Å²) >= 11 is 11.7. The predicted molar refractivity (Wildman–Crippen MR) is 102 cm³/mol. The van der Waals surface area contributed by atoms with E-state index >= 15 is 0 Å². The number of pyridine rings is 1. The fourth-order valence-corrected chi connectivity index (χ4v) is 2.38. The van der Waals surface area contributed by atoms with Gasteiger partial charge in [-0.1, -0.05) is 29.3 Å². The number of rotatable bonds is 6. The highest BCUT2D eigenvalue weighted by Gasteiger charge is 2.18. The molecule has 1 amide bonds. The number of carbonyl (C=O) groups excluding carboxylic acids is 2. The molecule has 0 saturated carbocycles. The number of phenols is 1. The molecule has 1 aromatic heterocycles. The minimum absolute atomic E-state index is 0.0167. The number of nitrogens with zero attached hydrogens (tertiary/aromatic N) is 1. The molecule has 9 heteroatoms. The lowest BCUT2D eigenvalue weighted by atomic mass is 10.2. The molecule has 0 aliphatic heterocycles. The van der Waals surface area contributed by atoms with E-state index in [-0.39, 0.29) is 22.3 Å². The summed E-state index contributed by atoms with van der Waals surface area (Å²) in [5.41, 5.74) is 0.607. The van der Waals surface area contributed by atoms with Crippen LogP contribution in [0.4, 0.5) is 5.82 Å². The molecule has 142 valence electrons. The molecule has 2 N–H and O–H groups in total. The Morgan fingerprint density at radius 3 is 2.70 bits per heavy atom. The van der Waals surface area contributed by atoms with E-state index in [0.29, 0.717) is 10.6 Å². The molecule has 0 radical (unpaired) electrons. The Labute approximate surface area is 165 Å². The Bertz CT molecular complexity index is 886. The molecule has 2 aromatic rings. The summed E-state index contributed by atoms with van der Waals surface area (Å²) in [4.78, 5) is 27.9. The van der Waals surface area contributed by atoms with Gasteiger partial charge in [-0.25, -0.2) is 9.78 Å². The van der Waals surface area contributed by atoms with E-state index in [2.05, 4.69) is 10.3 Å². The van der Waals surface area contributed by atoms with Crippen LogP contribution in [0.3, 0.4) is 0 Å². The first-order valence-corrected chi connectivity index (χ1v) is 8.43. The minimum Gasteiger partial charge on any atom is -0.504 e. The van der Waals surface area contributed by atoms with Gasteiger partial charge in [0.05, 0.1) is 17.2 Å². The van der Waals surface area contributed by atoms with Crippen molar-refractivity contribution >= 4 is 47.0 Å². The Hall–Kier alpha value is -2.77. The van der Waals surface area contributed by atoms with Crippen molar-refractivity contribution in [1.82, 2.24) is 4.98 Å². The van der Waals surface area contributed by atoms with E-state index in [0.717, 1.165) is 6.08 Å². The second-order valence-corrected chi connectivity index (χ2v) is 6.16. The van der Waals surface area contributed by atoms with Crippen molar-refractivity contribution in [2.75, 3.05) is 12.4 Å². The largest absolute Gasteiger partial charge is 0.504 e. The fourth-order valence-electron chi connectivity index (χ4n) is 1.95. The number of hydrogen-bond acceptors (Lipinski definition) is 6. The van der Waals surface area contributed by atoms with Crippen molar-refractivity contribution in [3.63, 3.8) is 0 Å². The van der Waals surface area contributed by atoms with Crippen molar-refractivity contribution in [2.24, 2.45) is 0 Å². The Morgan fingerprint density at radius 1 is 1.30 bits per heavy atom. The van der Waals surface area contributed by atoms with Crippen LogP contribution in [-0.4, -0.2) is 35.2 Å². The van der Waals surface area contributed by atoms with E-state index in [1.165, 1.54) is 38.4 Å². The molecule has 0 aliphatic rings. The number of anilines is 1. The van der Waals surface area contributed by atoms with Gasteiger partial charge < -0.3 is 19.9 Å². The molecule has 1 unspecified atom stereocenters. The second kappa shape index (κ2) is 9.25. The van der Waals surface area contributed by atoms with Gasteiger partial charge in [-0.3, -0.25) is 4.79 Å². The first-order chi connectivity index (χ1) is 12.8. The minimum atomic E-state index is -1.08. The van der Waals surface area contributed by atoms with Gasteiger partial charge in [-0.2, -0.15) is 0 Å². The lowest BCUT2D eigenvalue weighted by Crippen LogP contribution is -2.29.